The summed E-state index contributed by atoms with van der Waals surface area (Å²) in [5, 5.41) is 12.5. The van der Waals surface area contributed by atoms with E-state index in [4.69, 9.17) is 13.6 Å². The highest BCUT2D eigenvalue weighted by atomic mass is 16.5. The average molecular weight is 412 g/mol. The summed E-state index contributed by atoms with van der Waals surface area (Å²) in [5.41, 5.74) is 0.698. The van der Waals surface area contributed by atoms with Crippen LogP contribution in [0.2, 0.25) is 0 Å². The van der Waals surface area contributed by atoms with E-state index in [9.17, 15) is 14.4 Å². The molecule has 3 aromatic rings. The van der Waals surface area contributed by atoms with Crippen LogP contribution < -0.4 is 10.6 Å². The van der Waals surface area contributed by atoms with Crippen molar-refractivity contribution in [2.45, 2.75) is 19.9 Å². The summed E-state index contributed by atoms with van der Waals surface area (Å²) in [7, 11) is 0. The third-order valence-corrected chi connectivity index (χ3v) is 3.99. The van der Waals surface area contributed by atoms with E-state index in [1.807, 2.05) is 18.2 Å². The van der Waals surface area contributed by atoms with E-state index >= 15 is 0 Å². The van der Waals surface area contributed by atoms with Gasteiger partial charge < -0.3 is 18.9 Å². The Hall–Kier alpha value is -3.95. The lowest BCUT2D eigenvalue weighted by Gasteiger charge is -2.20. The minimum atomic E-state index is -0.955. The highest BCUT2D eigenvalue weighted by Crippen LogP contribution is 2.19. The maximum atomic E-state index is 12.3. The summed E-state index contributed by atoms with van der Waals surface area (Å²) in [5.74, 6) is -1.94. The molecule has 0 aliphatic carbocycles. The van der Waals surface area contributed by atoms with Crippen molar-refractivity contribution < 1.29 is 28.0 Å². The van der Waals surface area contributed by atoms with Crippen molar-refractivity contribution in [3.8, 4) is 11.5 Å². The number of carbonyl (C=O) groups is 3. The van der Waals surface area contributed by atoms with Crippen molar-refractivity contribution in [3.63, 3.8) is 0 Å². The number of esters is 1. The van der Waals surface area contributed by atoms with Crippen molar-refractivity contribution in [1.29, 1.82) is 0 Å². The van der Waals surface area contributed by atoms with E-state index < -0.39 is 30.4 Å². The van der Waals surface area contributed by atoms with Crippen LogP contribution in [0.25, 0.3) is 11.5 Å². The van der Waals surface area contributed by atoms with Gasteiger partial charge in [-0.05, 0) is 30.2 Å². The maximum Gasteiger partial charge on any atom is 0.329 e. The number of hydrogen-bond acceptors (Lipinski definition) is 8. The third kappa shape index (κ3) is 5.31. The summed E-state index contributed by atoms with van der Waals surface area (Å²) >= 11 is 0. The first-order chi connectivity index (χ1) is 14.4. The van der Waals surface area contributed by atoms with Crippen LogP contribution in [0, 0.1) is 5.92 Å². The standard InChI is InChI=1S/C20H20N4O6/c1-12(2)16(22-17(26)14-9-6-10-28-14)19(27)29-11-15(25)21-20-24-23-18(30-20)13-7-4-3-5-8-13/h3-10,12,16H,11H2,1-2H3,(H,22,26)(H,21,24,25)/t16-/m0/s1. The first-order valence-corrected chi connectivity index (χ1v) is 9.14. The first kappa shape index (κ1) is 20.8. The quantitative estimate of drug-likeness (QED) is 0.538. The van der Waals surface area contributed by atoms with Crippen LogP contribution >= 0.6 is 0 Å². The molecule has 10 heteroatoms. The minimum absolute atomic E-state index is 0.0665. The van der Waals surface area contributed by atoms with Crippen LogP contribution in [0.4, 0.5) is 6.01 Å². The highest BCUT2D eigenvalue weighted by molar-refractivity contribution is 5.95. The summed E-state index contributed by atoms with van der Waals surface area (Å²) in [4.78, 5) is 36.5. The molecular formula is C20H20N4O6. The number of hydrogen-bond donors (Lipinski definition) is 2. The Morgan fingerprint density at radius 2 is 1.83 bits per heavy atom. The fraction of sp³-hybridized carbons (Fsp3) is 0.250. The second-order valence-corrected chi connectivity index (χ2v) is 6.61. The number of anilines is 1. The molecule has 0 radical (unpaired) electrons. The van der Waals surface area contributed by atoms with E-state index in [1.54, 1.807) is 32.0 Å². The Balaban J connectivity index is 1.52. The van der Waals surface area contributed by atoms with Gasteiger partial charge in [-0.25, -0.2) is 4.79 Å². The second kappa shape index (κ2) is 9.50. The lowest BCUT2D eigenvalue weighted by molar-refractivity contribution is -0.150. The molecule has 2 amide bonds. The number of carbonyl (C=O) groups excluding carboxylic acids is 3. The molecule has 0 saturated heterocycles. The first-order valence-electron chi connectivity index (χ1n) is 9.14. The molecular weight excluding hydrogens is 392 g/mol. The molecule has 2 aromatic heterocycles. The maximum absolute atomic E-state index is 12.3. The Morgan fingerprint density at radius 1 is 1.07 bits per heavy atom. The van der Waals surface area contributed by atoms with Gasteiger partial charge in [-0.15, -0.1) is 5.10 Å². The van der Waals surface area contributed by atoms with Crippen molar-refractivity contribution in [1.82, 2.24) is 15.5 Å². The Labute approximate surface area is 171 Å². The van der Waals surface area contributed by atoms with Gasteiger partial charge in [-0.2, -0.15) is 0 Å². The van der Waals surface area contributed by atoms with Gasteiger partial charge in [0.15, 0.2) is 12.4 Å². The minimum Gasteiger partial charge on any atom is -0.459 e. The third-order valence-electron chi connectivity index (χ3n) is 3.99. The van der Waals surface area contributed by atoms with E-state index in [0.717, 1.165) is 0 Å². The van der Waals surface area contributed by atoms with Gasteiger partial charge >= 0.3 is 12.0 Å². The SMILES string of the molecule is CC(C)[C@H](NC(=O)c1ccco1)C(=O)OCC(=O)Nc1nnc(-c2ccccc2)o1. The lowest BCUT2D eigenvalue weighted by atomic mass is 10.0. The van der Waals surface area contributed by atoms with Gasteiger partial charge in [0, 0.05) is 5.56 Å². The monoisotopic (exact) mass is 412 g/mol. The number of furan rings is 1. The molecule has 0 saturated carbocycles. The molecule has 1 aromatic carbocycles. The number of amides is 2. The number of rotatable bonds is 8. The van der Waals surface area contributed by atoms with Gasteiger partial charge in [-0.1, -0.05) is 37.1 Å². The summed E-state index contributed by atoms with van der Waals surface area (Å²) in [6.45, 7) is 2.89. The normalized spacial score (nSPS) is 11.7. The molecule has 3 rings (SSSR count). The van der Waals surface area contributed by atoms with Gasteiger partial charge in [0.25, 0.3) is 11.8 Å². The predicted molar refractivity (Wildman–Crippen MR) is 104 cm³/mol. The second-order valence-electron chi connectivity index (χ2n) is 6.61. The zero-order chi connectivity index (χ0) is 21.5. The molecule has 0 spiro atoms. The molecule has 0 aliphatic rings. The number of benzene rings is 1. The van der Waals surface area contributed by atoms with Gasteiger partial charge in [0.2, 0.25) is 5.89 Å². The van der Waals surface area contributed by atoms with Crippen LogP contribution in [0.15, 0.2) is 57.6 Å². The molecule has 0 bridgehead atoms. The molecule has 156 valence electrons. The van der Waals surface area contributed by atoms with Crippen LogP contribution in [0.1, 0.15) is 24.4 Å². The van der Waals surface area contributed by atoms with Crippen LogP contribution in [-0.2, 0) is 14.3 Å². The zero-order valence-corrected chi connectivity index (χ0v) is 16.3. The Kier molecular flexibility index (Phi) is 6.58. The Bertz CT molecular complexity index is 998. The fourth-order valence-corrected chi connectivity index (χ4v) is 2.47. The topological polar surface area (TPSA) is 137 Å². The molecule has 30 heavy (non-hydrogen) atoms. The number of nitrogens with one attached hydrogen (secondary N) is 2. The van der Waals surface area contributed by atoms with Crippen molar-refractivity contribution in [3.05, 3.63) is 54.5 Å². The molecule has 0 fully saturated rings. The molecule has 0 aliphatic heterocycles. The smallest absolute Gasteiger partial charge is 0.329 e. The zero-order valence-electron chi connectivity index (χ0n) is 16.3. The van der Waals surface area contributed by atoms with E-state index in [2.05, 4.69) is 20.8 Å². The fourth-order valence-electron chi connectivity index (χ4n) is 2.47. The van der Waals surface area contributed by atoms with Crippen molar-refractivity contribution in [2.24, 2.45) is 5.92 Å². The highest BCUT2D eigenvalue weighted by Gasteiger charge is 2.27. The number of nitrogens with zero attached hydrogens (tertiary/aromatic N) is 2. The average Bonchev–Trinajstić information content (AvgIpc) is 3.43. The van der Waals surface area contributed by atoms with Crippen LogP contribution in [0.5, 0.6) is 0 Å². The molecule has 1 atom stereocenters. The largest absolute Gasteiger partial charge is 0.459 e. The van der Waals surface area contributed by atoms with Gasteiger partial charge in [0.1, 0.15) is 6.04 Å². The van der Waals surface area contributed by atoms with E-state index in [1.165, 1.54) is 12.3 Å². The molecule has 2 N–H and O–H groups in total. The number of aromatic nitrogens is 2. The molecule has 10 nitrogen and oxygen atoms in total. The van der Waals surface area contributed by atoms with E-state index in [0.29, 0.717) is 5.56 Å². The Morgan fingerprint density at radius 3 is 2.50 bits per heavy atom. The van der Waals surface area contributed by atoms with Gasteiger partial charge in [-0.3, -0.25) is 14.9 Å². The summed E-state index contributed by atoms with van der Waals surface area (Å²) < 4.78 is 15.4. The number of ether oxygens (including phenoxy) is 1. The molecule has 2 heterocycles. The van der Waals surface area contributed by atoms with Crippen LogP contribution in [0.3, 0.4) is 0 Å². The predicted octanol–water partition coefficient (Wildman–Crippen LogP) is 2.27. The lowest BCUT2D eigenvalue weighted by Crippen LogP contribution is -2.45. The van der Waals surface area contributed by atoms with E-state index in [-0.39, 0.29) is 23.6 Å². The van der Waals surface area contributed by atoms with Crippen molar-refractivity contribution >= 4 is 23.8 Å². The van der Waals surface area contributed by atoms with Crippen LogP contribution in [-0.4, -0.2) is 40.6 Å². The van der Waals surface area contributed by atoms with Crippen molar-refractivity contribution in [2.75, 3.05) is 11.9 Å². The molecule has 0 unspecified atom stereocenters. The summed E-state index contributed by atoms with van der Waals surface area (Å²) in [6, 6.07) is 11.0. The van der Waals surface area contributed by atoms with Gasteiger partial charge in [0.05, 0.1) is 6.26 Å². The summed E-state index contributed by atoms with van der Waals surface area (Å²) in [6.07, 6.45) is 1.35.